The van der Waals surface area contributed by atoms with E-state index in [1.165, 1.54) is 12.1 Å². The van der Waals surface area contributed by atoms with E-state index in [9.17, 15) is 14.4 Å². The molecule has 0 aliphatic carbocycles. The van der Waals surface area contributed by atoms with Crippen LogP contribution in [-0.4, -0.2) is 32.9 Å². The van der Waals surface area contributed by atoms with Crippen LogP contribution in [0.1, 0.15) is 34.9 Å². The van der Waals surface area contributed by atoms with E-state index in [2.05, 4.69) is 15.3 Å². The van der Waals surface area contributed by atoms with Gasteiger partial charge in [-0.25, -0.2) is 14.8 Å². The summed E-state index contributed by atoms with van der Waals surface area (Å²) in [5.74, 6) is -2.04. The predicted molar refractivity (Wildman–Crippen MR) is 71.6 cm³/mol. The molecular formula is C14H11N3O4. The Morgan fingerprint density at radius 1 is 1.33 bits per heavy atom. The molecule has 2 N–H and O–H groups in total. The highest BCUT2D eigenvalue weighted by Crippen LogP contribution is 2.23. The van der Waals surface area contributed by atoms with Gasteiger partial charge in [0.25, 0.3) is 0 Å². The topological polar surface area (TPSA) is 109 Å². The molecule has 106 valence electrons. The first-order chi connectivity index (χ1) is 10.0. The molecule has 2 heterocycles. The van der Waals surface area contributed by atoms with E-state index in [-0.39, 0.29) is 17.9 Å². The van der Waals surface area contributed by atoms with Crippen molar-refractivity contribution in [2.24, 2.45) is 0 Å². The maximum atomic E-state index is 11.8. The molecule has 1 atom stereocenters. The summed E-state index contributed by atoms with van der Waals surface area (Å²) in [6.45, 7) is 0. The highest BCUT2D eigenvalue weighted by atomic mass is 16.4. The minimum atomic E-state index is -1.04. The highest BCUT2D eigenvalue weighted by molar-refractivity contribution is 6.00. The molecule has 1 saturated heterocycles. The lowest BCUT2D eigenvalue weighted by molar-refractivity contribution is -0.134. The van der Waals surface area contributed by atoms with Crippen molar-refractivity contribution in [2.75, 3.05) is 0 Å². The van der Waals surface area contributed by atoms with Gasteiger partial charge in [-0.05, 0) is 18.6 Å². The number of nitrogens with one attached hydrogen (secondary N) is 1. The summed E-state index contributed by atoms with van der Waals surface area (Å²) in [4.78, 5) is 42.3. The fourth-order valence-electron chi connectivity index (χ4n) is 2.28. The molecule has 7 heteroatoms. The number of benzene rings is 1. The van der Waals surface area contributed by atoms with Crippen LogP contribution in [0.2, 0.25) is 0 Å². The van der Waals surface area contributed by atoms with Gasteiger partial charge >= 0.3 is 5.97 Å². The van der Waals surface area contributed by atoms with Crippen LogP contribution in [0, 0.1) is 0 Å². The molecule has 1 unspecified atom stereocenters. The first-order valence-corrected chi connectivity index (χ1v) is 6.38. The van der Waals surface area contributed by atoms with Crippen molar-refractivity contribution >= 4 is 28.7 Å². The second-order valence-corrected chi connectivity index (χ2v) is 4.81. The number of carboxylic acid groups (broad SMARTS) is 1. The van der Waals surface area contributed by atoms with Crippen LogP contribution < -0.4 is 5.32 Å². The number of piperidine rings is 1. The molecule has 1 aliphatic rings. The van der Waals surface area contributed by atoms with Gasteiger partial charge in [-0.15, -0.1) is 0 Å². The Hall–Kier alpha value is -2.83. The highest BCUT2D eigenvalue weighted by Gasteiger charge is 2.30. The SMILES string of the molecule is O=C1CCC(c2ncc3ccc(C(=O)O)cc3n2)C(=O)N1. The quantitative estimate of drug-likeness (QED) is 0.792. The molecule has 7 nitrogen and oxygen atoms in total. The first kappa shape index (κ1) is 13.2. The molecule has 2 aromatic rings. The number of fused-ring (bicyclic) bond motifs is 1. The number of hydrogen-bond donors (Lipinski definition) is 2. The Kier molecular flexibility index (Phi) is 3.09. The van der Waals surface area contributed by atoms with Gasteiger partial charge in [0.05, 0.1) is 17.0 Å². The van der Waals surface area contributed by atoms with Crippen molar-refractivity contribution in [3.8, 4) is 0 Å². The molecule has 0 bridgehead atoms. The largest absolute Gasteiger partial charge is 0.478 e. The zero-order valence-electron chi connectivity index (χ0n) is 10.9. The maximum absolute atomic E-state index is 11.8. The number of rotatable bonds is 2. The fourth-order valence-corrected chi connectivity index (χ4v) is 2.28. The van der Waals surface area contributed by atoms with Crippen LogP contribution in [0.25, 0.3) is 10.9 Å². The summed E-state index contributed by atoms with van der Waals surface area (Å²) in [6.07, 6.45) is 2.15. The van der Waals surface area contributed by atoms with Crippen LogP contribution >= 0.6 is 0 Å². The Balaban J connectivity index is 2.01. The van der Waals surface area contributed by atoms with Gasteiger partial charge in [-0.2, -0.15) is 0 Å². The summed E-state index contributed by atoms with van der Waals surface area (Å²) in [6, 6.07) is 4.53. The van der Waals surface area contributed by atoms with Gasteiger partial charge in [0.2, 0.25) is 11.8 Å². The number of aromatic carboxylic acids is 1. The van der Waals surface area contributed by atoms with Gasteiger partial charge < -0.3 is 5.11 Å². The summed E-state index contributed by atoms with van der Waals surface area (Å²) in [5, 5.41) is 11.9. The molecule has 2 amide bonds. The van der Waals surface area contributed by atoms with Crippen LogP contribution in [0.5, 0.6) is 0 Å². The third kappa shape index (κ3) is 2.45. The van der Waals surface area contributed by atoms with Crippen LogP contribution in [0.4, 0.5) is 0 Å². The lowest BCUT2D eigenvalue weighted by Gasteiger charge is -2.19. The second-order valence-electron chi connectivity index (χ2n) is 4.81. The van der Waals surface area contributed by atoms with Gasteiger partial charge in [-0.1, -0.05) is 6.07 Å². The average molecular weight is 285 g/mol. The summed E-state index contributed by atoms with van der Waals surface area (Å²) < 4.78 is 0. The van der Waals surface area contributed by atoms with E-state index in [0.717, 1.165) is 0 Å². The monoisotopic (exact) mass is 285 g/mol. The number of nitrogens with zero attached hydrogens (tertiary/aromatic N) is 2. The summed E-state index contributed by atoms with van der Waals surface area (Å²) in [5.41, 5.74) is 0.583. The third-order valence-electron chi connectivity index (χ3n) is 3.40. The Morgan fingerprint density at radius 2 is 2.14 bits per heavy atom. The van der Waals surface area contributed by atoms with Crippen LogP contribution in [0.15, 0.2) is 24.4 Å². The van der Waals surface area contributed by atoms with Gasteiger partial charge in [0, 0.05) is 18.0 Å². The number of imide groups is 1. The molecule has 0 spiro atoms. The zero-order chi connectivity index (χ0) is 15.0. The smallest absolute Gasteiger partial charge is 0.335 e. The lowest BCUT2D eigenvalue weighted by atomic mass is 9.97. The lowest BCUT2D eigenvalue weighted by Crippen LogP contribution is -2.40. The van der Waals surface area contributed by atoms with E-state index in [4.69, 9.17) is 5.11 Å². The van der Waals surface area contributed by atoms with Crippen molar-refractivity contribution in [3.05, 3.63) is 35.8 Å². The Morgan fingerprint density at radius 3 is 2.86 bits per heavy atom. The van der Waals surface area contributed by atoms with E-state index in [0.29, 0.717) is 23.1 Å². The standard InChI is InChI=1S/C14H11N3O4/c18-11-4-3-9(13(19)17-11)12-15-6-8-2-1-7(14(20)21)5-10(8)16-12/h1-2,5-6,9H,3-4H2,(H,20,21)(H,17,18,19). The molecule has 3 rings (SSSR count). The number of carboxylic acids is 1. The normalized spacial score (nSPS) is 18.6. The van der Waals surface area contributed by atoms with Crippen molar-refractivity contribution in [1.82, 2.24) is 15.3 Å². The molecule has 0 radical (unpaired) electrons. The van der Waals surface area contributed by atoms with Crippen molar-refractivity contribution < 1.29 is 19.5 Å². The van der Waals surface area contributed by atoms with Crippen LogP contribution in [0.3, 0.4) is 0 Å². The van der Waals surface area contributed by atoms with Crippen molar-refractivity contribution in [2.45, 2.75) is 18.8 Å². The van der Waals surface area contributed by atoms with Gasteiger partial charge in [0.15, 0.2) is 0 Å². The van der Waals surface area contributed by atoms with Gasteiger partial charge in [0.1, 0.15) is 5.82 Å². The molecule has 1 aromatic heterocycles. The molecule has 1 aliphatic heterocycles. The van der Waals surface area contributed by atoms with Crippen molar-refractivity contribution in [3.63, 3.8) is 0 Å². The minimum absolute atomic E-state index is 0.121. The molecule has 0 saturated carbocycles. The van der Waals surface area contributed by atoms with Crippen molar-refractivity contribution in [1.29, 1.82) is 0 Å². The van der Waals surface area contributed by atoms with E-state index in [1.807, 2.05) is 0 Å². The maximum Gasteiger partial charge on any atom is 0.335 e. The minimum Gasteiger partial charge on any atom is -0.478 e. The molecule has 1 fully saturated rings. The number of hydrogen-bond acceptors (Lipinski definition) is 5. The molecular weight excluding hydrogens is 274 g/mol. The van der Waals surface area contributed by atoms with E-state index in [1.54, 1.807) is 12.3 Å². The van der Waals surface area contributed by atoms with Gasteiger partial charge in [-0.3, -0.25) is 14.9 Å². The molecule has 21 heavy (non-hydrogen) atoms. The number of amides is 2. The second kappa shape index (κ2) is 4.93. The molecule has 1 aromatic carbocycles. The first-order valence-electron chi connectivity index (χ1n) is 6.38. The van der Waals surface area contributed by atoms with E-state index < -0.39 is 17.8 Å². The average Bonchev–Trinajstić information content (AvgIpc) is 2.46. The number of carbonyl (C=O) groups is 3. The van der Waals surface area contributed by atoms with Crippen LogP contribution in [-0.2, 0) is 9.59 Å². The Bertz CT molecular complexity index is 772. The Labute approximate surface area is 119 Å². The zero-order valence-corrected chi connectivity index (χ0v) is 10.9. The predicted octanol–water partition coefficient (Wildman–Crippen LogP) is 0.848. The number of carbonyl (C=O) groups excluding carboxylic acids is 2. The summed E-state index contributed by atoms with van der Waals surface area (Å²) in [7, 11) is 0. The fraction of sp³-hybridized carbons (Fsp3) is 0.214. The summed E-state index contributed by atoms with van der Waals surface area (Å²) >= 11 is 0. The third-order valence-corrected chi connectivity index (χ3v) is 3.40. The number of aromatic nitrogens is 2. The van der Waals surface area contributed by atoms with E-state index >= 15 is 0 Å².